The molecule has 0 fully saturated rings. The van der Waals surface area contributed by atoms with Gasteiger partial charge in [-0.25, -0.2) is 4.39 Å². The fraction of sp³-hybridized carbons (Fsp3) is 0.0769. The standard InChI is InChI=1S/C13H8Cl3F/c14-11(8-4-2-1-3-5-8)9-6-7-10(17)13(16)12(9)15/h1-7,11H. The molecule has 0 saturated carbocycles. The van der Waals surface area contributed by atoms with Crippen LogP contribution in [0.25, 0.3) is 0 Å². The molecule has 88 valence electrons. The quantitative estimate of drug-likeness (QED) is 0.508. The molecule has 0 radical (unpaired) electrons. The average Bonchev–Trinajstić information content (AvgIpc) is 2.36. The van der Waals surface area contributed by atoms with E-state index in [-0.39, 0.29) is 10.0 Å². The molecule has 0 nitrogen and oxygen atoms in total. The predicted octanol–water partition coefficient (Wildman–Crippen LogP) is 5.46. The van der Waals surface area contributed by atoms with Crippen LogP contribution < -0.4 is 0 Å². The molecule has 0 heterocycles. The Hall–Kier alpha value is -0.760. The molecule has 0 aliphatic rings. The summed E-state index contributed by atoms with van der Waals surface area (Å²) in [5.74, 6) is -0.544. The maximum Gasteiger partial charge on any atom is 0.143 e. The lowest BCUT2D eigenvalue weighted by Gasteiger charge is -2.13. The lowest BCUT2D eigenvalue weighted by molar-refractivity contribution is 0.627. The number of benzene rings is 2. The van der Waals surface area contributed by atoms with Gasteiger partial charge in [0.1, 0.15) is 5.82 Å². The van der Waals surface area contributed by atoms with Crippen LogP contribution in [-0.4, -0.2) is 0 Å². The minimum Gasteiger partial charge on any atom is -0.205 e. The Kier molecular flexibility index (Phi) is 3.93. The van der Waals surface area contributed by atoms with Crippen molar-refractivity contribution in [1.82, 2.24) is 0 Å². The number of halogens is 4. The second-order valence-electron chi connectivity index (χ2n) is 3.54. The highest BCUT2D eigenvalue weighted by Gasteiger charge is 2.17. The zero-order valence-corrected chi connectivity index (χ0v) is 10.9. The van der Waals surface area contributed by atoms with Crippen LogP contribution in [0, 0.1) is 5.82 Å². The monoisotopic (exact) mass is 288 g/mol. The Labute approximate surface area is 114 Å². The Morgan fingerprint density at radius 3 is 2.18 bits per heavy atom. The normalized spacial score (nSPS) is 12.5. The van der Waals surface area contributed by atoms with Crippen LogP contribution in [0.1, 0.15) is 16.5 Å². The number of alkyl halides is 1. The highest BCUT2D eigenvalue weighted by atomic mass is 35.5. The van der Waals surface area contributed by atoms with Crippen molar-refractivity contribution in [1.29, 1.82) is 0 Å². The summed E-state index contributed by atoms with van der Waals surface area (Å²) >= 11 is 18.0. The van der Waals surface area contributed by atoms with Gasteiger partial charge < -0.3 is 0 Å². The van der Waals surface area contributed by atoms with Gasteiger partial charge in [-0.15, -0.1) is 11.6 Å². The van der Waals surface area contributed by atoms with E-state index < -0.39 is 11.2 Å². The van der Waals surface area contributed by atoms with E-state index in [1.165, 1.54) is 6.07 Å². The van der Waals surface area contributed by atoms with Crippen LogP contribution in [0.15, 0.2) is 42.5 Å². The second kappa shape index (κ2) is 5.26. The first-order valence-corrected chi connectivity index (χ1v) is 6.13. The van der Waals surface area contributed by atoms with Crippen molar-refractivity contribution in [2.75, 3.05) is 0 Å². The van der Waals surface area contributed by atoms with Gasteiger partial charge >= 0.3 is 0 Å². The maximum absolute atomic E-state index is 13.2. The van der Waals surface area contributed by atoms with E-state index in [2.05, 4.69) is 0 Å². The molecule has 0 aliphatic heterocycles. The van der Waals surface area contributed by atoms with Gasteiger partial charge in [-0.05, 0) is 17.2 Å². The van der Waals surface area contributed by atoms with Gasteiger partial charge in [-0.2, -0.15) is 0 Å². The Balaban J connectivity index is 2.45. The second-order valence-corrected chi connectivity index (χ2v) is 4.73. The minimum atomic E-state index is -0.544. The molecule has 2 aromatic rings. The van der Waals surface area contributed by atoms with Crippen molar-refractivity contribution in [3.8, 4) is 0 Å². The molecule has 2 aromatic carbocycles. The van der Waals surface area contributed by atoms with Gasteiger partial charge in [-0.3, -0.25) is 0 Å². The Morgan fingerprint density at radius 1 is 0.882 bits per heavy atom. The van der Waals surface area contributed by atoms with E-state index in [4.69, 9.17) is 34.8 Å². The van der Waals surface area contributed by atoms with Gasteiger partial charge in [0.15, 0.2) is 0 Å². The lowest BCUT2D eigenvalue weighted by Crippen LogP contribution is -1.95. The molecular weight excluding hydrogens is 282 g/mol. The molecule has 0 N–H and O–H groups in total. The van der Waals surface area contributed by atoms with Gasteiger partial charge in [-0.1, -0.05) is 59.6 Å². The third-order valence-electron chi connectivity index (χ3n) is 2.43. The van der Waals surface area contributed by atoms with E-state index in [0.717, 1.165) is 5.56 Å². The molecule has 0 aliphatic carbocycles. The average molecular weight is 290 g/mol. The fourth-order valence-electron chi connectivity index (χ4n) is 1.54. The fourth-order valence-corrected chi connectivity index (χ4v) is 2.36. The van der Waals surface area contributed by atoms with Crippen LogP contribution >= 0.6 is 34.8 Å². The predicted molar refractivity (Wildman–Crippen MR) is 70.6 cm³/mol. The molecule has 1 atom stereocenters. The Morgan fingerprint density at radius 2 is 1.53 bits per heavy atom. The van der Waals surface area contributed by atoms with Gasteiger partial charge in [0.2, 0.25) is 0 Å². The molecule has 0 spiro atoms. The summed E-state index contributed by atoms with van der Waals surface area (Å²) in [6.07, 6.45) is 0. The smallest absolute Gasteiger partial charge is 0.143 e. The molecule has 0 bridgehead atoms. The zero-order chi connectivity index (χ0) is 12.4. The van der Waals surface area contributed by atoms with Gasteiger partial charge in [0.25, 0.3) is 0 Å². The minimum absolute atomic E-state index is 0.0919. The summed E-state index contributed by atoms with van der Waals surface area (Å²) in [6.45, 7) is 0. The summed E-state index contributed by atoms with van der Waals surface area (Å²) < 4.78 is 13.2. The van der Waals surface area contributed by atoms with Crippen molar-refractivity contribution in [2.24, 2.45) is 0 Å². The van der Waals surface area contributed by atoms with E-state index >= 15 is 0 Å². The van der Waals surface area contributed by atoms with Crippen LogP contribution in [0.5, 0.6) is 0 Å². The summed E-state index contributed by atoms with van der Waals surface area (Å²) in [5, 5.41) is -0.372. The number of hydrogen-bond donors (Lipinski definition) is 0. The first-order chi connectivity index (χ1) is 8.11. The molecule has 17 heavy (non-hydrogen) atoms. The Bertz CT molecular complexity index is 526. The van der Waals surface area contributed by atoms with Crippen molar-refractivity contribution >= 4 is 34.8 Å². The molecule has 1 unspecified atom stereocenters. The van der Waals surface area contributed by atoms with E-state index in [0.29, 0.717) is 5.56 Å². The van der Waals surface area contributed by atoms with E-state index in [9.17, 15) is 4.39 Å². The van der Waals surface area contributed by atoms with Crippen molar-refractivity contribution in [3.05, 3.63) is 69.5 Å². The van der Waals surface area contributed by atoms with Gasteiger partial charge in [0.05, 0.1) is 15.4 Å². The van der Waals surface area contributed by atoms with Gasteiger partial charge in [0, 0.05) is 0 Å². The van der Waals surface area contributed by atoms with Crippen molar-refractivity contribution in [3.63, 3.8) is 0 Å². The SMILES string of the molecule is Fc1ccc(C(Cl)c2ccccc2)c(Cl)c1Cl. The van der Waals surface area contributed by atoms with E-state index in [1.54, 1.807) is 6.07 Å². The third kappa shape index (κ3) is 2.57. The van der Waals surface area contributed by atoms with Crippen LogP contribution in [-0.2, 0) is 0 Å². The topological polar surface area (TPSA) is 0 Å². The molecule has 2 rings (SSSR count). The van der Waals surface area contributed by atoms with Crippen molar-refractivity contribution in [2.45, 2.75) is 5.38 Å². The molecule has 0 aromatic heterocycles. The lowest BCUT2D eigenvalue weighted by atomic mass is 10.0. The number of rotatable bonds is 2. The first kappa shape index (κ1) is 12.7. The number of hydrogen-bond acceptors (Lipinski definition) is 0. The molecule has 4 heteroatoms. The highest BCUT2D eigenvalue weighted by Crippen LogP contribution is 2.37. The highest BCUT2D eigenvalue weighted by molar-refractivity contribution is 6.43. The van der Waals surface area contributed by atoms with E-state index in [1.807, 2.05) is 30.3 Å². The van der Waals surface area contributed by atoms with Crippen LogP contribution in [0.3, 0.4) is 0 Å². The van der Waals surface area contributed by atoms with Crippen LogP contribution in [0.2, 0.25) is 10.0 Å². The third-order valence-corrected chi connectivity index (χ3v) is 3.79. The summed E-state index contributed by atoms with van der Waals surface area (Å²) in [6, 6.07) is 12.2. The first-order valence-electron chi connectivity index (χ1n) is 4.93. The maximum atomic E-state index is 13.2. The van der Waals surface area contributed by atoms with Crippen molar-refractivity contribution < 1.29 is 4.39 Å². The summed E-state index contributed by atoms with van der Waals surface area (Å²) in [5.41, 5.74) is 1.49. The molecular formula is C13H8Cl3F. The summed E-state index contributed by atoms with van der Waals surface area (Å²) in [4.78, 5) is 0. The summed E-state index contributed by atoms with van der Waals surface area (Å²) in [7, 11) is 0. The zero-order valence-electron chi connectivity index (χ0n) is 8.63. The van der Waals surface area contributed by atoms with Crippen LogP contribution in [0.4, 0.5) is 4.39 Å². The molecule has 0 saturated heterocycles. The molecule has 0 amide bonds. The largest absolute Gasteiger partial charge is 0.205 e.